The van der Waals surface area contributed by atoms with Gasteiger partial charge in [-0.2, -0.15) is 18.3 Å². The molecule has 0 radical (unpaired) electrons. The third kappa shape index (κ3) is 2.82. The monoisotopic (exact) mass is 271 g/mol. The van der Waals surface area contributed by atoms with Crippen molar-refractivity contribution in [2.24, 2.45) is 5.92 Å². The lowest BCUT2D eigenvalue weighted by molar-refractivity contribution is -0.179. The first kappa shape index (κ1) is 12.7. The van der Waals surface area contributed by atoms with E-state index in [0.29, 0.717) is 24.8 Å². The molecule has 3 nitrogen and oxygen atoms in total. The third-order valence-electron chi connectivity index (χ3n) is 3.95. The van der Waals surface area contributed by atoms with Crippen molar-refractivity contribution in [1.29, 1.82) is 0 Å². The van der Waals surface area contributed by atoms with E-state index in [2.05, 4.69) is 10.2 Å². The molecular formula is C13H16F3N3. The summed E-state index contributed by atoms with van der Waals surface area (Å²) in [5.41, 5.74) is 1.01. The molecule has 3 rings (SSSR count). The van der Waals surface area contributed by atoms with Crippen LogP contribution in [0.5, 0.6) is 0 Å². The van der Waals surface area contributed by atoms with E-state index < -0.39 is 12.1 Å². The zero-order chi connectivity index (χ0) is 13.5. The van der Waals surface area contributed by atoms with Gasteiger partial charge in [-0.15, -0.1) is 5.10 Å². The van der Waals surface area contributed by atoms with E-state index >= 15 is 0 Å². The summed E-state index contributed by atoms with van der Waals surface area (Å²) in [6.45, 7) is 0.809. The van der Waals surface area contributed by atoms with Crippen LogP contribution in [0.4, 0.5) is 19.0 Å². The van der Waals surface area contributed by atoms with Crippen LogP contribution in [0.25, 0.3) is 0 Å². The predicted octanol–water partition coefficient (Wildman–Crippen LogP) is 3.13. The number of alkyl halides is 3. The standard InChI is InChI=1S/C13H16F3N3/c14-13(15,16)10-5-7-19(8-6-10)12-4-3-11(17-18-12)9-1-2-9/h3-4,9-10H,1-2,5-8H2. The predicted molar refractivity (Wildman–Crippen MR) is 65.0 cm³/mol. The molecule has 104 valence electrons. The van der Waals surface area contributed by atoms with Crippen LogP contribution in [0.1, 0.15) is 37.3 Å². The van der Waals surface area contributed by atoms with Crippen molar-refractivity contribution in [3.05, 3.63) is 17.8 Å². The van der Waals surface area contributed by atoms with Gasteiger partial charge in [0.25, 0.3) is 0 Å². The summed E-state index contributed by atoms with van der Waals surface area (Å²) in [6, 6.07) is 3.84. The fourth-order valence-electron chi connectivity index (χ4n) is 2.54. The van der Waals surface area contributed by atoms with Gasteiger partial charge in [-0.3, -0.25) is 0 Å². The maximum atomic E-state index is 12.6. The maximum Gasteiger partial charge on any atom is 0.391 e. The first-order chi connectivity index (χ1) is 9.04. The fourth-order valence-corrected chi connectivity index (χ4v) is 2.54. The van der Waals surface area contributed by atoms with E-state index in [1.54, 1.807) is 0 Å². The van der Waals surface area contributed by atoms with Gasteiger partial charge in [0.05, 0.1) is 11.6 Å². The SMILES string of the molecule is FC(F)(F)C1CCN(c2ccc(C3CC3)nn2)CC1. The maximum absolute atomic E-state index is 12.6. The van der Waals surface area contributed by atoms with E-state index in [1.807, 2.05) is 17.0 Å². The molecule has 0 aromatic carbocycles. The van der Waals surface area contributed by atoms with Crippen molar-refractivity contribution in [3.8, 4) is 0 Å². The van der Waals surface area contributed by atoms with Gasteiger partial charge in [-0.1, -0.05) is 0 Å². The zero-order valence-corrected chi connectivity index (χ0v) is 10.5. The number of aromatic nitrogens is 2. The lowest BCUT2D eigenvalue weighted by Crippen LogP contribution is -2.39. The van der Waals surface area contributed by atoms with Crippen molar-refractivity contribution in [2.75, 3.05) is 18.0 Å². The molecule has 1 aliphatic heterocycles. The number of hydrogen-bond acceptors (Lipinski definition) is 3. The normalized spacial score (nSPS) is 21.7. The summed E-state index contributed by atoms with van der Waals surface area (Å²) in [6.07, 6.45) is -1.42. The minimum Gasteiger partial charge on any atom is -0.355 e. The molecule has 1 aliphatic carbocycles. The molecule has 0 unspecified atom stereocenters. The van der Waals surface area contributed by atoms with Crippen LogP contribution in [-0.2, 0) is 0 Å². The Bertz CT molecular complexity index is 431. The Morgan fingerprint density at radius 2 is 1.68 bits per heavy atom. The molecule has 1 saturated carbocycles. The quantitative estimate of drug-likeness (QED) is 0.827. The van der Waals surface area contributed by atoms with E-state index in [4.69, 9.17) is 0 Å². The molecule has 0 atom stereocenters. The van der Waals surface area contributed by atoms with E-state index in [1.165, 1.54) is 12.8 Å². The lowest BCUT2D eigenvalue weighted by Gasteiger charge is -2.33. The number of rotatable bonds is 2. The molecule has 0 amide bonds. The van der Waals surface area contributed by atoms with Crippen LogP contribution in [0.3, 0.4) is 0 Å². The highest BCUT2D eigenvalue weighted by Crippen LogP contribution is 2.39. The van der Waals surface area contributed by atoms with Crippen molar-refractivity contribution >= 4 is 5.82 Å². The van der Waals surface area contributed by atoms with E-state index in [-0.39, 0.29) is 12.8 Å². The summed E-state index contributed by atoms with van der Waals surface area (Å²) in [5, 5.41) is 8.32. The molecule has 2 heterocycles. The summed E-state index contributed by atoms with van der Waals surface area (Å²) in [5.74, 6) is 0.0880. The first-order valence-corrected chi connectivity index (χ1v) is 6.69. The third-order valence-corrected chi connectivity index (χ3v) is 3.95. The van der Waals surface area contributed by atoms with Crippen LogP contribution in [0.15, 0.2) is 12.1 Å². The average molecular weight is 271 g/mol. The van der Waals surface area contributed by atoms with Gasteiger partial charge in [0, 0.05) is 19.0 Å². The van der Waals surface area contributed by atoms with Gasteiger partial charge in [0.1, 0.15) is 0 Å². The highest BCUT2D eigenvalue weighted by Gasteiger charge is 2.41. The van der Waals surface area contributed by atoms with Gasteiger partial charge in [0.2, 0.25) is 0 Å². The van der Waals surface area contributed by atoms with Crippen LogP contribution >= 0.6 is 0 Å². The Kier molecular flexibility index (Phi) is 3.11. The van der Waals surface area contributed by atoms with Crippen molar-refractivity contribution in [3.63, 3.8) is 0 Å². The van der Waals surface area contributed by atoms with Crippen molar-refractivity contribution in [2.45, 2.75) is 37.8 Å². The fraction of sp³-hybridized carbons (Fsp3) is 0.692. The number of piperidine rings is 1. The second-order valence-electron chi connectivity index (χ2n) is 5.39. The van der Waals surface area contributed by atoms with Gasteiger partial charge in [-0.05, 0) is 37.8 Å². The van der Waals surface area contributed by atoms with Gasteiger partial charge < -0.3 is 4.90 Å². The Labute approximate surface area is 109 Å². The molecule has 2 aliphatic rings. The zero-order valence-electron chi connectivity index (χ0n) is 10.5. The highest BCUT2D eigenvalue weighted by molar-refractivity contribution is 5.38. The molecule has 6 heteroatoms. The molecule has 1 saturated heterocycles. The Morgan fingerprint density at radius 3 is 2.16 bits per heavy atom. The van der Waals surface area contributed by atoms with Gasteiger partial charge >= 0.3 is 6.18 Å². The summed E-state index contributed by atoms with van der Waals surface area (Å²) in [7, 11) is 0. The second kappa shape index (κ2) is 4.65. The molecule has 2 fully saturated rings. The summed E-state index contributed by atoms with van der Waals surface area (Å²) in [4.78, 5) is 1.89. The Hall–Kier alpha value is -1.33. The van der Waals surface area contributed by atoms with Gasteiger partial charge in [-0.25, -0.2) is 0 Å². The van der Waals surface area contributed by atoms with Gasteiger partial charge in [0.15, 0.2) is 5.82 Å². The van der Waals surface area contributed by atoms with Crippen LogP contribution in [0.2, 0.25) is 0 Å². The molecule has 0 N–H and O–H groups in total. The smallest absolute Gasteiger partial charge is 0.355 e. The number of anilines is 1. The molecular weight excluding hydrogens is 255 g/mol. The Balaban J connectivity index is 1.61. The minimum absolute atomic E-state index is 0.148. The average Bonchev–Trinajstić information content (AvgIpc) is 3.22. The number of hydrogen-bond donors (Lipinski definition) is 0. The summed E-state index contributed by atoms with van der Waals surface area (Å²) >= 11 is 0. The van der Waals surface area contributed by atoms with E-state index in [9.17, 15) is 13.2 Å². The first-order valence-electron chi connectivity index (χ1n) is 6.69. The molecule has 1 aromatic heterocycles. The van der Waals surface area contributed by atoms with E-state index in [0.717, 1.165) is 5.69 Å². The van der Waals surface area contributed by atoms with Crippen LogP contribution < -0.4 is 4.90 Å². The largest absolute Gasteiger partial charge is 0.391 e. The van der Waals surface area contributed by atoms with Crippen LogP contribution in [0, 0.1) is 5.92 Å². The Morgan fingerprint density at radius 1 is 1.00 bits per heavy atom. The van der Waals surface area contributed by atoms with Crippen molar-refractivity contribution < 1.29 is 13.2 Å². The van der Waals surface area contributed by atoms with Crippen molar-refractivity contribution in [1.82, 2.24) is 10.2 Å². The molecule has 19 heavy (non-hydrogen) atoms. The highest BCUT2D eigenvalue weighted by atomic mass is 19.4. The molecule has 0 spiro atoms. The van der Waals surface area contributed by atoms with Crippen LogP contribution in [-0.4, -0.2) is 29.5 Å². The minimum atomic E-state index is -4.06. The number of halogens is 3. The second-order valence-corrected chi connectivity index (χ2v) is 5.39. The molecule has 0 bridgehead atoms. The lowest BCUT2D eigenvalue weighted by atomic mass is 9.96. The molecule has 1 aromatic rings. The topological polar surface area (TPSA) is 29.0 Å². The summed E-state index contributed by atoms with van der Waals surface area (Å²) < 4.78 is 37.7. The number of nitrogens with zero attached hydrogens (tertiary/aromatic N) is 3.